The first-order valence-electron chi connectivity index (χ1n) is 7.91. The maximum atomic E-state index is 12.2. The second-order valence-corrected chi connectivity index (χ2v) is 6.51. The zero-order valence-corrected chi connectivity index (χ0v) is 15.1. The summed E-state index contributed by atoms with van der Waals surface area (Å²) < 4.78 is 14.7. The van der Waals surface area contributed by atoms with Gasteiger partial charge in [-0.25, -0.2) is 9.59 Å². The third-order valence-corrected chi connectivity index (χ3v) is 4.99. The molecule has 0 saturated carbocycles. The standard InChI is InChI=1S/C16H17N3O6S/c1-3-24-16(22)19-7-5-9-11(8-19)26-14(12(9)15(21)23-2)18-13(20)10-4-6-17-25-10/h4,6H,3,5,7-8H2,1-2H3,(H,18,20). The number of thiophene rings is 1. The van der Waals surface area contributed by atoms with Crippen LogP contribution in [0.4, 0.5) is 9.80 Å². The van der Waals surface area contributed by atoms with E-state index in [1.54, 1.807) is 11.8 Å². The topological polar surface area (TPSA) is 111 Å². The number of fused-ring (bicyclic) bond motifs is 1. The average molecular weight is 379 g/mol. The number of rotatable bonds is 4. The number of nitrogens with zero attached hydrogens (tertiary/aromatic N) is 2. The van der Waals surface area contributed by atoms with E-state index in [0.29, 0.717) is 36.7 Å². The number of ether oxygens (including phenoxy) is 2. The molecule has 0 aliphatic carbocycles. The maximum absolute atomic E-state index is 12.2. The van der Waals surface area contributed by atoms with E-state index in [4.69, 9.17) is 14.0 Å². The predicted molar refractivity (Wildman–Crippen MR) is 91.3 cm³/mol. The average Bonchev–Trinajstić information content (AvgIpc) is 3.28. The smallest absolute Gasteiger partial charge is 0.410 e. The largest absolute Gasteiger partial charge is 0.465 e. The minimum absolute atomic E-state index is 0.0281. The van der Waals surface area contributed by atoms with Crippen molar-refractivity contribution >= 4 is 34.3 Å². The molecular formula is C16H17N3O6S. The summed E-state index contributed by atoms with van der Waals surface area (Å²) in [6, 6.07) is 1.42. The van der Waals surface area contributed by atoms with Crippen LogP contribution in [0, 0.1) is 0 Å². The Bertz CT molecular complexity index is 829. The lowest BCUT2D eigenvalue weighted by molar-refractivity contribution is 0.0600. The molecule has 0 spiro atoms. The summed E-state index contributed by atoms with van der Waals surface area (Å²) in [4.78, 5) is 38.8. The van der Waals surface area contributed by atoms with Gasteiger partial charge in [-0.3, -0.25) is 4.79 Å². The third kappa shape index (κ3) is 3.40. The van der Waals surface area contributed by atoms with Crippen LogP contribution in [-0.4, -0.2) is 48.3 Å². The number of methoxy groups -OCH3 is 1. The van der Waals surface area contributed by atoms with Crippen LogP contribution >= 0.6 is 11.3 Å². The van der Waals surface area contributed by atoms with Crippen molar-refractivity contribution in [3.05, 3.63) is 34.0 Å². The molecule has 0 fully saturated rings. The summed E-state index contributed by atoms with van der Waals surface area (Å²) in [5.41, 5.74) is 1.08. The van der Waals surface area contributed by atoms with E-state index in [0.717, 1.165) is 10.4 Å². The summed E-state index contributed by atoms with van der Waals surface area (Å²) in [6.45, 7) is 2.76. The summed E-state index contributed by atoms with van der Waals surface area (Å²) in [7, 11) is 1.28. The van der Waals surface area contributed by atoms with Gasteiger partial charge >= 0.3 is 12.1 Å². The van der Waals surface area contributed by atoms with Gasteiger partial charge in [0.1, 0.15) is 5.00 Å². The second-order valence-electron chi connectivity index (χ2n) is 5.40. The zero-order valence-electron chi connectivity index (χ0n) is 14.2. The van der Waals surface area contributed by atoms with Crippen LogP contribution in [0.15, 0.2) is 16.8 Å². The lowest BCUT2D eigenvalue weighted by Crippen LogP contribution is -2.36. The van der Waals surface area contributed by atoms with Crippen molar-refractivity contribution in [1.82, 2.24) is 10.1 Å². The van der Waals surface area contributed by atoms with Crippen molar-refractivity contribution in [3.63, 3.8) is 0 Å². The number of hydrogen-bond acceptors (Lipinski definition) is 8. The Morgan fingerprint density at radius 3 is 2.88 bits per heavy atom. The van der Waals surface area contributed by atoms with Crippen molar-refractivity contribution in [2.24, 2.45) is 0 Å². The molecule has 1 N–H and O–H groups in total. The van der Waals surface area contributed by atoms with Gasteiger partial charge < -0.3 is 24.2 Å². The molecule has 1 aliphatic rings. The highest BCUT2D eigenvalue weighted by molar-refractivity contribution is 7.17. The molecule has 2 amide bonds. The molecule has 0 bridgehead atoms. The highest BCUT2D eigenvalue weighted by Gasteiger charge is 2.31. The lowest BCUT2D eigenvalue weighted by atomic mass is 10.0. The minimum atomic E-state index is -0.542. The van der Waals surface area contributed by atoms with Crippen molar-refractivity contribution in [3.8, 4) is 0 Å². The summed E-state index contributed by atoms with van der Waals surface area (Å²) in [5, 5.41) is 6.51. The number of esters is 1. The zero-order chi connectivity index (χ0) is 18.7. The first-order chi connectivity index (χ1) is 12.5. The molecule has 2 aromatic rings. The van der Waals surface area contributed by atoms with Crippen LogP contribution in [0.1, 0.15) is 38.3 Å². The van der Waals surface area contributed by atoms with Crippen molar-refractivity contribution < 1.29 is 28.4 Å². The highest BCUT2D eigenvalue weighted by atomic mass is 32.1. The molecule has 138 valence electrons. The van der Waals surface area contributed by atoms with E-state index in [1.165, 1.54) is 30.7 Å². The molecule has 0 radical (unpaired) electrons. The molecular weight excluding hydrogens is 362 g/mol. The number of anilines is 1. The lowest BCUT2D eigenvalue weighted by Gasteiger charge is -2.26. The number of amides is 2. The van der Waals surface area contributed by atoms with E-state index < -0.39 is 18.0 Å². The summed E-state index contributed by atoms with van der Waals surface area (Å²) >= 11 is 1.23. The Morgan fingerprint density at radius 2 is 2.23 bits per heavy atom. The van der Waals surface area contributed by atoms with Crippen LogP contribution in [0.25, 0.3) is 0 Å². The molecule has 1 aliphatic heterocycles. The number of carbonyl (C=O) groups excluding carboxylic acids is 3. The van der Waals surface area contributed by atoms with Gasteiger partial charge in [0, 0.05) is 17.5 Å². The third-order valence-electron chi connectivity index (χ3n) is 3.86. The Morgan fingerprint density at radius 1 is 1.42 bits per heavy atom. The Hall–Kier alpha value is -2.88. The van der Waals surface area contributed by atoms with Crippen molar-refractivity contribution in [1.29, 1.82) is 0 Å². The van der Waals surface area contributed by atoms with Gasteiger partial charge in [-0.05, 0) is 18.9 Å². The van der Waals surface area contributed by atoms with Crippen LogP contribution in [0.3, 0.4) is 0 Å². The maximum Gasteiger partial charge on any atom is 0.410 e. The number of nitrogens with one attached hydrogen (secondary N) is 1. The van der Waals surface area contributed by atoms with Gasteiger partial charge in [-0.15, -0.1) is 11.3 Å². The number of aromatic nitrogens is 1. The first-order valence-corrected chi connectivity index (χ1v) is 8.73. The molecule has 9 nitrogen and oxygen atoms in total. The van der Waals surface area contributed by atoms with E-state index in [-0.39, 0.29) is 5.76 Å². The van der Waals surface area contributed by atoms with Gasteiger partial charge in [0.2, 0.25) is 5.76 Å². The molecule has 26 heavy (non-hydrogen) atoms. The highest BCUT2D eigenvalue weighted by Crippen LogP contribution is 2.38. The van der Waals surface area contributed by atoms with E-state index in [2.05, 4.69) is 10.5 Å². The van der Waals surface area contributed by atoms with Gasteiger partial charge in [0.15, 0.2) is 0 Å². The Kier molecular flexibility index (Phi) is 5.21. The van der Waals surface area contributed by atoms with Gasteiger partial charge in [0.05, 0.1) is 32.0 Å². The van der Waals surface area contributed by atoms with Crippen LogP contribution in [0.2, 0.25) is 0 Å². The minimum Gasteiger partial charge on any atom is -0.465 e. The Balaban J connectivity index is 1.89. The predicted octanol–water partition coefficient (Wildman–Crippen LogP) is 2.29. The van der Waals surface area contributed by atoms with Crippen LogP contribution < -0.4 is 5.32 Å². The van der Waals surface area contributed by atoms with E-state index in [1.807, 2.05) is 0 Å². The van der Waals surface area contributed by atoms with E-state index >= 15 is 0 Å². The van der Waals surface area contributed by atoms with Crippen molar-refractivity contribution in [2.75, 3.05) is 25.6 Å². The van der Waals surface area contributed by atoms with Crippen LogP contribution in [-0.2, 0) is 22.4 Å². The van der Waals surface area contributed by atoms with Crippen molar-refractivity contribution in [2.45, 2.75) is 19.9 Å². The fraction of sp³-hybridized carbons (Fsp3) is 0.375. The molecule has 3 rings (SSSR count). The second kappa shape index (κ2) is 7.56. The van der Waals surface area contributed by atoms with Gasteiger partial charge in [-0.1, -0.05) is 5.16 Å². The van der Waals surface area contributed by atoms with E-state index in [9.17, 15) is 14.4 Å². The summed E-state index contributed by atoms with van der Waals surface area (Å²) in [5.74, 6) is -1.03. The Labute approximate surface area is 152 Å². The SMILES string of the molecule is CCOC(=O)N1CCc2c(sc(NC(=O)c3ccno3)c2C(=O)OC)C1. The molecule has 2 aromatic heterocycles. The molecule has 0 unspecified atom stereocenters. The fourth-order valence-electron chi connectivity index (χ4n) is 2.68. The molecule has 3 heterocycles. The number of carbonyl (C=O) groups is 3. The quantitative estimate of drug-likeness (QED) is 0.811. The molecule has 0 atom stereocenters. The number of hydrogen-bond donors (Lipinski definition) is 1. The van der Waals surface area contributed by atoms with Gasteiger partial charge in [0.25, 0.3) is 5.91 Å². The fourth-order valence-corrected chi connectivity index (χ4v) is 3.92. The molecule has 0 aromatic carbocycles. The molecule has 10 heteroatoms. The summed E-state index contributed by atoms with van der Waals surface area (Å²) in [6.07, 6.45) is 1.42. The van der Waals surface area contributed by atoms with Gasteiger partial charge in [-0.2, -0.15) is 0 Å². The molecule has 0 saturated heterocycles. The normalized spacial score (nSPS) is 13.1. The van der Waals surface area contributed by atoms with Crippen LogP contribution in [0.5, 0.6) is 0 Å². The first kappa shape index (κ1) is 17.9. The monoisotopic (exact) mass is 379 g/mol.